The normalized spacial score (nSPS) is 10.4. The number of carboxylic acid groups (broad SMARTS) is 1. The molecule has 0 aromatic heterocycles. The summed E-state index contributed by atoms with van der Waals surface area (Å²) >= 11 is 1.14. The lowest BCUT2D eigenvalue weighted by Crippen LogP contribution is -1.97. The maximum absolute atomic E-state index is 13.5. The van der Waals surface area contributed by atoms with Crippen molar-refractivity contribution in [2.75, 3.05) is 0 Å². The van der Waals surface area contributed by atoms with E-state index in [0.29, 0.717) is 11.3 Å². The van der Waals surface area contributed by atoms with Crippen LogP contribution in [0.3, 0.4) is 0 Å². The molecule has 1 N–H and O–H groups in total. The number of aromatic carboxylic acids is 1. The first-order chi connectivity index (χ1) is 9.06. The van der Waals surface area contributed by atoms with Crippen molar-refractivity contribution in [1.82, 2.24) is 0 Å². The van der Waals surface area contributed by atoms with Gasteiger partial charge in [-0.15, -0.1) is 11.8 Å². The monoisotopic (exact) mass is 280 g/mol. The van der Waals surface area contributed by atoms with Gasteiger partial charge in [0.1, 0.15) is 11.6 Å². The van der Waals surface area contributed by atoms with Crippen LogP contribution >= 0.6 is 11.8 Å². The number of thioether (sulfide) groups is 1. The van der Waals surface area contributed by atoms with Crippen molar-refractivity contribution in [2.45, 2.75) is 10.6 Å². The molecule has 0 heterocycles. The van der Waals surface area contributed by atoms with Crippen LogP contribution < -0.4 is 0 Å². The highest BCUT2D eigenvalue weighted by molar-refractivity contribution is 7.98. The molecule has 0 fully saturated rings. The van der Waals surface area contributed by atoms with Gasteiger partial charge >= 0.3 is 5.97 Å². The third-order valence-electron chi connectivity index (χ3n) is 2.46. The Hall–Kier alpha value is -1.88. The Morgan fingerprint density at radius 2 is 1.95 bits per heavy atom. The molecule has 0 radical (unpaired) electrons. The number of hydrogen-bond acceptors (Lipinski definition) is 2. The van der Waals surface area contributed by atoms with Crippen LogP contribution in [0, 0.1) is 11.6 Å². The zero-order chi connectivity index (χ0) is 13.8. The molecule has 98 valence electrons. The van der Waals surface area contributed by atoms with E-state index in [2.05, 4.69) is 0 Å². The number of hydrogen-bond donors (Lipinski definition) is 1. The Balaban J connectivity index is 2.15. The summed E-state index contributed by atoms with van der Waals surface area (Å²) in [5, 5.41) is 8.84. The van der Waals surface area contributed by atoms with E-state index in [1.807, 2.05) is 0 Å². The average molecular weight is 280 g/mol. The molecule has 0 spiro atoms. The molecule has 19 heavy (non-hydrogen) atoms. The predicted octanol–water partition coefficient (Wildman–Crippen LogP) is 3.96. The van der Waals surface area contributed by atoms with Gasteiger partial charge in [0.25, 0.3) is 0 Å². The van der Waals surface area contributed by atoms with Crippen molar-refractivity contribution in [3.05, 3.63) is 65.2 Å². The molecule has 0 saturated carbocycles. The number of rotatable bonds is 4. The second kappa shape index (κ2) is 5.84. The van der Waals surface area contributed by atoms with Gasteiger partial charge in [-0.2, -0.15) is 0 Å². The van der Waals surface area contributed by atoms with E-state index in [0.717, 1.165) is 17.8 Å². The van der Waals surface area contributed by atoms with Crippen LogP contribution in [0.15, 0.2) is 47.4 Å². The molecule has 2 nitrogen and oxygen atoms in total. The van der Waals surface area contributed by atoms with Gasteiger partial charge in [-0.3, -0.25) is 0 Å². The fourth-order valence-corrected chi connectivity index (χ4v) is 2.45. The molecule has 0 amide bonds. The van der Waals surface area contributed by atoms with Gasteiger partial charge < -0.3 is 5.11 Å². The van der Waals surface area contributed by atoms with E-state index in [4.69, 9.17) is 5.11 Å². The summed E-state index contributed by atoms with van der Waals surface area (Å²) in [6.45, 7) is 0. The molecule has 0 saturated heterocycles. The molecule has 2 aromatic carbocycles. The van der Waals surface area contributed by atoms with Gasteiger partial charge in [-0.05, 0) is 35.9 Å². The van der Waals surface area contributed by atoms with Crippen molar-refractivity contribution < 1.29 is 18.7 Å². The Labute approximate surface area is 113 Å². The minimum absolute atomic E-state index is 0.0307. The van der Waals surface area contributed by atoms with Crippen LogP contribution in [0.5, 0.6) is 0 Å². The van der Waals surface area contributed by atoms with Crippen molar-refractivity contribution in [3.63, 3.8) is 0 Å². The molecule has 0 atom stereocenters. The summed E-state index contributed by atoms with van der Waals surface area (Å²) in [6, 6.07) is 9.62. The van der Waals surface area contributed by atoms with Crippen molar-refractivity contribution in [1.29, 1.82) is 0 Å². The standard InChI is InChI=1S/C14H10F2O2S/c15-11-3-1-2-9(6-11)8-19-13-7-10(14(17)18)4-5-12(13)16/h1-7H,8H2,(H,17,18). The molecular formula is C14H10F2O2S. The minimum atomic E-state index is -1.10. The van der Waals surface area contributed by atoms with E-state index >= 15 is 0 Å². The smallest absolute Gasteiger partial charge is 0.335 e. The first kappa shape index (κ1) is 13.5. The van der Waals surface area contributed by atoms with Crippen LogP contribution in [0.1, 0.15) is 15.9 Å². The number of benzene rings is 2. The van der Waals surface area contributed by atoms with Crippen molar-refractivity contribution >= 4 is 17.7 Å². The van der Waals surface area contributed by atoms with Gasteiger partial charge in [0.2, 0.25) is 0 Å². The van der Waals surface area contributed by atoms with Crippen molar-refractivity contribution in [2.24, 2.45) is 0 Å². The Kier molecular flexibility index (Phi) is 4.16. The Morgan fingerprint density at radius 3 is 2.63 bits per heavy atom. The van der Waals surface area contributed by atoms with Crippen LogP contribution in [0.2, 0.25) is 0 Å². The highest BCUT2D eigenvalue weighted by Gasteiger charge is 2.09. The molecule has 2 rings (SSSR count). The van der Waals surface area contributed by atoms with Gasteiger partial charge in [-0.1, -0.05) is 12.1 Å². The highest BCUT2D eigenvalue weighted by Crippen LogP contribution is 2.26. The largest absolute Gasteiger partial charge is 0.478 e. The summed E-state index contributed by atoms with van der Waals surface area (Å²) in [6.07, 6.45) is 0. The second-order valence-electron chi connectivity index (χ2n) is 3.87. The topological polar surface area (TPSA) is 37.3 Å². The first-order valence-electron chi connectivity index (χ1n) is 5.46. The maximum atomic E-state index is 13.5. The van der Waals surface area contributed by atoms with E-state index in [1.165, 1.54) is 24.3 Å². The minimum Gasteiger partial charge on any atom is -0.478 e. The Bertz CT molecular complexity index is 614. The number of halogens is 2. The molecule has 0 bridgehead atoms. The van der Waals surface area contributed by atoms with Gasteiger partial charge in [0.15, 0.2) is 0 Å². The molecule has 0 aliphatic heterocycles. The summed E-state index contributed by atoms with van der Waals surface area (Å²) < 4.78 is 26.5. The first-order valence-corrected chi connectivity index (χ1v) is 6.45. The third kappa shape index (κ3) is 3.54. The lowest BCUT2D eigenvalue weighted by Gasteiger charge is -2.05. The maximum Gasteiger partial charge on any atom is 0.335 e. The summed E-state index contributed by atoms with van der Waals surface area (Å²) in [5.74, 6) is -1.56. The summed E-state index contributed by atoms with van der Waals surface area (Å²) in [7, 11) is 0. The Morgan fingerprint density at radius 1 is 1.16 bits per heavy atom. The molecular weight excluding hydrogens is 270 g/mol. The molecule has 0 aliphatic rings. The summed E-state index contributed by atoms with van der Waals surface area (Å²) in [4.78, 5) is 11.0. The van der Waals surface area contributed by atoms with Crippen LogP contribution in [0.4, 0.5) is 8.78 Å². The fraction of sp³-hybridized carbons (Fsp3) is 0.0714. The predicted molar refractivity (Wildman–Crippen MR) is 69.3 cm³/mol. The van der Waals surface area contributed by atoms with Gasteiger partial charge in [0.05, 0.1) is 5.56 Å². The van der Waals surface area contributed by atoms with Crippen LogP contribution in [-0.4, -0.2) is 11.1 Å². The fourth-order valence-electron chi connectivity index (χ4n) is 1.53. The van der Waals surface area contributed by atoms with Crippen LogP contribution in [0.25, 0.3) is 0 Å². The number of carbonyl (C=O) groups is 1. The molecule has 5 heteroatoms. The average Bonchev–Trinajstić information content (AvgIpc) is 2.37. The van der Waals surface area contributed by atoms with Gasteiger partial charge in [0, 0.05) is 10.6 Å². The molecule has 0 aliphatic carbocycles. The third-order valence-corrected chi connectivity index (χ3v) is 3.56. The van der Waals surface area contributed by atoms with Gasteiger partial charge in [-0.25, -0.2) is 13.6 Å². The molecule has 2 aromatic rings. The highest BCUT2D eigenvalue weighted by atomic mass is 32.2. The number of carboxylic acids is 1. The van der Waals surface area contributed by atoms with E-state index in [1.54, 1.807) is 12.1 Å². The summed E-state index contributed by atoms with van der Waals surface area (Å²) in [5.41, 5.74) is 0.744. The SMILES string of the molecule is O=C(O)c1ccc(F)c(SCc2cccc(F)c2)c1. The molecule has 0 unspecified atom stereocenters. The lowest BCUT2D eigenvalue weighted by atomic mass is 10.2. The van der Waals surface area contributed by atoms with E-state index in [-0.39, 0.29) is 16.3 Å². The lowest BCUT2D eigenvalue weighted by molar-refractivity contribution is 0.0696. The van der Waals surface area contributed by atoms with Crippen LogP contribution in [-0.2, 0) is 5.75 Å². The zero-order valence-corrected chi connectivity index (χ0v) is 10.6. The second-order valence-corrected chi connectivity index (χ2v) is 4.89. The zero-order valence-electron chi connectivity index (χ0n) is 9.77. The quantitative estimate of drug-likeness (QED) is 0.861. The van der Waals surface area contributed by atoms with E-state index in [9.17, 15) is 13.6 Å². The van der Waals surface area contributed by atoms with Crippen molar-refractivity contribution in [3.8, 4) is 0 Å². The van der Waals surface area contributed by atoms with E-state index < -0.39 is 11.8 Å².